The Bertz CT molecular complexity index is 911. The molecule has 162 valence electrons. The third-order valence-corrected chi connectivity index (χ3v) is 4.52. The lowest BCUT2D eigenvalue weighted by molar-refractivity contribution is -0.153. The van der Waals surface area contributed by atoms with Crippen LogP contribution >= 0.6 is 0 Å². The van der Waals surface area contributed by atoms with Gasteiger partial charge in [-0.15, -0.1) is 0 Å². The summed E-state index contributed by atoms with van der Waals surface area (Å²) in [7, 11) is 0. The molecule has 8 heteroatoms. The zero-order valence-corrected chi connectivity index (χ0v) is 17.3. The van der Waals surface area contributed by atoms with Crippen LogP contribution < -0.4 is 10.1 Å². The summed E-state index contributed by atoms with van der Waals surface area (Å²) in [5.41, 5.74) is 2.17. The molecular weight excluding hydrogens is 397 g/mol. The summed E-state index contributed by atoms with van der Waals surface area (Å²) in [6, 6.07) is 7.43. The maximum atomic E-state index is 12.6. The van der Waals surface area contributed by atoms with Crippen molar-refractivity contribution in [1.82, 2.24) is 10.3 Å². The maximum Gasteiger partial charge on any atom is 0.422 e. The molecule has 1 aromatic carbocycles. The maximum absolute atomic E-state index is 12.6. The van der Waals surface area contributed by atoms with E-state index < -0.39 is 12.8 Å². The van der Waals surface area contributed by atoms with Gasteiger partial charge >= 0.3 is 6.18 Å². The largest absolute Gasteiger partial charge is 0.484 e. The standard InChI is InChI=1S/C22H25F3N2O3/c1-13(2)19(28)11-18-10-16(7-8-26-18)15(4)27-21(29)17-5-6-20(14(3)9-17)30-12-22(23,24)25/h5-10,13,15H,11-12H2,1-4H3,(H,27,29). The fourth-order valence-electron chi connectivity index (χ4n) is 2.72. The second-order valence-electron chi connectivity index (χ2n) is 7.46. The minimum absolute atomic E-state index is 0.0746. The molecule has 0 fully saturated rings. The van der Waals surface area contributed by atoms with Crippen molar-refractivity contribution >= 4 is 11.7 Å². The molecule has 0 aliphatic carbocycles. The van der Waals surface area contributed by atoms with E-state index >= 15 is 0 Å². The number of carbonyl (C=O) groups is 2. The van der Waals surface area contributed by atoms with Crippen LogP contribution in [-0.2, 0) is 11.2 Å². The zero-order valence-electron chi connectivity index (χ0n) is 17.3. The molecule has 1 unspecified atom stereocenters. The van der Waals surface area contributed by atoms with Gasteiger partial charge in [-0.1, -0.05) is 13.8 Å². The number of benzene rings is 1. The number of hydrogen-bond acceptors (Lipinski definition) is 4. The van der Waals surface area contributed by atoms with Gasteiger partial charge in [-0.25, -0.2) is 0 Å². The number of Topliss-reactive ketones (excluding diaryl/α,β-unsaturated/α-hetero) is 1. The molecular formula is C22H25F3N2O3. The quantitative estimate of drug-likeness (QED) is 0.676. The second-order valence-corrected chi connectivity index (χ2v) is 7.46. The monoisotopic (exact) mass is 422 g/mol. The molecule has 0 saturated carbocycles. The number of carbonyl (C=O) groups excluding carboxylic acids is 2. The Labute approximate surface area is 173 Å². The van der Waals surface area contributed by atoms with E-state index in [0.29, 0.717) is 16.8 Å². The second kappa shape index (κ2) is 9.73. The van der Waals surface area contributed by atoms with E-state index in [0.717, 1.165) is 5.56 Å². The predicted molar refractivity (Wildman–Crippen MR) is 106 cm³/mol. The van der Waals surface area contributed by atoms with Crippen LogP contribution in [-0.4, -0.2) is 29.5 Å². The first kappa shape index (κ1) is 23.4. The molecule has 2 aromatic rings. The Kier molecular flexibility index (Phi) is 7.59. The molecule has 1 atom stereocenters. The first-order valence-corrected chi connectivity index (χ1v) is 9.55. The Morgan fingerprint density at radius 2 is 1.83 bits per heavy atom. The lowest BCUT2D eigenvalue weighted by Crippen LogP contribution is -2.27. The summed E-state index contributed by atoms with van der Waals surface area (Å²) in [6.45, 7) is 5.65. The Hall–Kier alpha value is -2.90. The van der Waals surface area contributed by atoms with Crippen LogP contribution in [0.3, 0.4) is 0 Å². The molecule has 0 bridgehead atoms. The van der Waals surface area contributed by atoms with Gasteiger partial charge < -0.3 is 10.1 Å². The fourth-order valence-corrected chi connectivity index (χ4v) is 2.72. The molecule has 0 spiro atoms. The lowest BCUT2D eigenvalue weighted by Gasteiger charge is -2.16. The number of halogens is 3. The topological polar surface area (TPSA) is 68.3 Å². The number of rotatable bonds is 8. The van der Waals surface area contributed by atoms with Gasteiger partial charge in [0.1, 0.15) is 11.5 Å². The predicted octanol–water partition coefficient (Wildman–Crippen LogP) is 4.59. The van der Waals surface area contributed by atoms with Gasteiger partial charge in [0, 0.05) is 29.8 Å². The van der Waals surface area contributed by atoms with Crippen LogP contribution in [0.4, 0.5) is 13.2 Å². The molecule has 30 heavy (non-hydrogen) atoms. The zero-order chi connectivity index (χ0) is 22.5. The smallest absolute Gasteiger partial charge is 0.422 e. The number of nitrogens with one attached hydrogen (secondary N) is 1. The van der Waals surface area contributed by atoms with Gasteiger partial charge in [0.15, 0.2) is 6.61 Å². The van der Waals surface area contributed by atoms with Crippen LogP contribution in [0, 0.1) is 12.8 Å². The number of ketones is 1. The van der Waals surface area contributed by atoms with Crippen molar-refractivity contribution in [2.45, 2.75) is 46.3 Å². The first-order valence-electron chi connectivity index (χ1n) is 9.55. The van der Waals surface area contributed by atoms with Crippen LogP contribution in [0.25, 0.3) is 0 Å². The molecule has 1 heterocycles. The minimum atomic E-state index is -4.43. The van der Waals surface area contributed by atoms with Crippen molar-refractivity contribution in [3.63, 3.8) is 0 Å². The molecule has 0 aliphatic heterocycles. The third kappa shape index (κ3) is 6.86. The SMILES string of the molecule is Cc1cc(C(=O)NC(C)c2ccnc(CC(=O)C(C)C)c2)ccc1OCC(F)(F)F. The molecule has 1 amide bonds. The number of hydrogen-bond donors (Lipinski definition) is 1. The highest BCUT2D eigenvalue weighted by atomic mass is 19.4. The number of aromatic nitrogens is 1. The van der Waals surface area contributed by atoms with E-state index in [1.54, 1.807) is 32.2 Å². The van der Waals surface area contributed by atoms with Gasteiger partial charge in [-0.05, 0) is 55.3 Å². The van der Waals surface area contributed by atoms with Gasteiger partial charge in [-0.3, -0.25) is 14.6 Å². The lowest BCUT2D eigenvalue weighted by atomic mass is 10.0. The summed E-state index contributed by atoms with van der Waals surface area (Å²) in [4.78, 5) is 28.7. The Morgan fingerprint density at radius 1 is 1.13 bits per heavy atom. The first-order chi connectivity index (χ1) is 14.0. The molecule has 1 N–H and O–H groups in total. The van der Waals surface area contributed by atoms with Crippen LogP contribution in [0.2, 0.25) is 0 Å². The molecule has 0 radical (unpaired) electrons. The van der Waals surface area contributed by atoms with E-state index in [1.807, 2.05) is 13.8 Å². The van der Waals surface area contributed by atoms with Crippen molar-refractivity contribution in [3.8, 4) is 5.75 Å². The third-order valence-electron chi connectivity index (χ3n) is 4.52. The number of pyridine rings is 1. The number of aryl methyl sites for hydroxylation is 1. The Morgan fingerprint density at radius 3 is 2.43 bits per heavy atom. The van der Waals surface area contributed by atoms with Gasteiger partial charge in [0.2, 0.25) is 0 Å². The van der Waals surface area contributed by atoms with Gasteiger partial charge in [0.25, 0.3) is 5.91 Å². The number of amides is 1. The summed E-state index contributed by atoms with van der Waals surface area (Å²) in [5, 5.41) is 2.85. The van der Waals surface area contributed by atoms with E-state index in [1.165, 1.54) is 18.2 Å². The molecule has 0 saturated heterocycles. The van der Waals surface area contributed by atoms with Crippen molar-refractivity contribution in [1.29, 1.82) is 0 Å². The number of nitrogens with zero attached hydrogens (tertiary/aromatic N) is 1. The molecule has 2 rings (SSSR count). The van der Waals surface area contributed by atoms with Gasteiger partial charge in [-0.2, -0.15) is 13.2 Å². The van der Waals surface area contributed by atoms with E-state index in [4.69, 9.17) is 4.74 Å². The van der Waals surface area contributed by atoms with E-state index in [2.05, 4.69) is 10.3 Å². The van der Waals surface area contributed by atoms with Crippen molar-refractivity contribution in [3.05, 3.63) is 58.9 Å². The fraction of sp³-hybridized carbons (Fsp3) is 0.409. The minimum Gasteiger partial charge on any atom is -0.484 e. The average molecular weight is 422 g/mol. The van der Waals surface area contributed by atoms with E-state index in [-0.39, 0.29) is 35.8 Å². The van der Waals surface area contributed by atoms with Crippen molar-refractivity contribution in [2.75, 3.05) is 6.61 Å². The number of alkyl halides is 3. The highest BCUT2D eigenvalue weighted by Gasteiger charge is 2.28. The summed E-state index contributed by atoms with van der Waals surface area (Å²) in [6.07, 6.45) is -2.61. The normalized spacial score (nSPS) is 12.5. The van der Waals surface area contributed by atoms with Crippen LogP contribution in [0.15, 0.2) is 36.5 Å². The van der Waals surface area contributed by atoms with Crippen molar-refractivity contribution in [2.24, 2.45) is 5.92 Å². The average Bonchev–Trinajstić information content (AvgIpc) is 2.66. The van der Waals surface area contributed by atoms with Gasteiger partial charge in [0.05, 0.1) is 6.04 Å². The van der Waals surface area contributed by atoms with Crippen LogP contribution in [0.5, 0.6) is 5.75 Å². The summed E-state index contributed by atoms with van der Waals surface area (Å²) in [5.74, 6) is -0.298. The summed E-state index contributed by atoms with van der Waals surface area (Å²) < 4.78 is 41.7. The highest BCUT2D eigenvalue weighted by Crippen LogP contribution is 2.23. The summed E-state index contributed by atoms with van der Waals surface area (Å²) >= 11 is 0. The molecule has 1 aromatic heterocycles. The molecule has 5 nitrogen and oxygen atoms in total. The van der Waals surface area contributed by atoms with E-state index in [9.17, 15) is 22.8 Å². The van der Waals surface area contributed by atoms with Crippen LogP contribution in [0.1, 0.15) is 54.0 Å². The number of ether oxygens (including phenoxy) is 1. The highest BCUT2D eigenvalue weighted by molar-refractivity contribution is 5.94. The Balaban J connectivity index is 2.05. The van der Waals surface area contributed by atoms with Crippen molar-refractivity contribution < 1.29 is 27.5 Å². The molecule has 0 aliphatic rings.